The molecule has 1 N–H and O–H groups in total. The van der Waals surface area contributed by atoms with E-state index in [1.807, 2.05) is 91.0 Å². The van der Waals surface area contributed by atoms with Crippen LogP contribution in [-0.4, -0.2) is 21.7 Å². The lowest BCUT2D eigenvalue weighted by Crippen LogP contribution is -2.30. The number of rotatable bonds is 7. The molecule has 30 heavy (non-hydrogen) atoms. The fourth-order valence-electron chi connectivity index (χ4n) is 3.90. The van der Waals surface area contributed by atoms with Crippen LogP contribution in [0.5, 0.6) is 0 Å². The van der Waals surface area contributed by atoms with Crippen LogP contribution in [0.2, 0.25) is 0 Å². The molecule has 1 aliphatic rings. The Hall–Kier alpha value is -3.66. The van der Waals surface area contributed by atoms with Gasteiger partial charge in [0.15, 0.2) is 11.5 Å². The molecule has 0 aliphatic carbocycles. The molecule has 0 saturated carbocycles. The summed E-state index contributed by atoms with van der Waals surface area (Å²) >= 11 is 0. The zero-order valence-electron chi connectivity index (χ0n) is 16.6. The van der Waals surface area contributed by atoms with E-state index in [9.17, 15) is 14.7 Å². The molecule has 1 aliphatic heterocycles. The Bertz CT molecular complexity index is 1060. The van der Waals surface area contributed by atoms with E-state index >= 15 is 0 Å². The fourth-order valence-corrected chi connectivity index (χ4v) is 3.90. The molecule has 1 atom stereocenters. The highest BCUT2D eigenvalue weighted by molar-refractivity contribution is 6.09. The van der Waals surface area contributed by atoms with E-state index in [-0.39, 0.29) is 17.8 Å². The summed E-state index contributed by atoms with van der Waals surface area (Å²) in [4.78, 5) is 27.7. The van der Waals surface area contributed by atoms with E-state index in [4.69, 9.17) is 0 Å². The topological polar surface area (TPSA) is 57.6 Å². The van der Waals surface area contributed by atoms with Gasteiger partial charge in [-0.15, -0.1) is 0 Å². The van der Waals surface area contributed by atoms with E-state index in [2.05, 4.69) is 0 Å². The highest BCUT2D eigenvalue weighted by Gasteiger charge is 2.43. The average Bonchev–Trinajstić information content (AvgIpc) is 3.04. The molecule has 0 saturated heterocycles. The van der Waals surface area contributed by atoms with Gasteiger partial charge < -0.3 is 10.0 Å². The monoisotopic (exact) mass is 397 g/mol. The fraction of sp³-hybridized carbons (Fsp3) is 0.154. The Morgan fingerprint density at radius 3 is 1.93 bits per heavy atom. The maximum atomic E-state index is 13.2. The molecule has 4 nitrogen and oxygen atoms in total. The lowest BCUT2D eigenvalue weighted by atomic mass is 9.93. The predicted octanol–water partition coefficient (Wildman–Crippen LogP) is 4.78. The standard InChI is InChI=1S/C26H23NO3/c28-22(17-16-19-10-4-1-5-11-19)23-24(21-14-8-3-9-15-21)27(26(30)25(23)29)18-20-12-6-2-7-13-20/h1-15,24,29H,16-18H2. The highest BCUT2D eigenvalue weighted by Crippen LogP contribution is 2.39. The molecule has 4 rings (SSSR count). The van der Waals surface area contributed by atoms with Gasteiger partial charge >= 0.3 is 0 Å². The molecule has 3 aromatic carbocycles. The first-order chi connectivity index (χ1) is 14.6. The maximum absolute atomic E-state index is 13.2. The Morgan fingerprint density at radius 2 is 1.33 bits per heavy atom. The van der Waals surface area contributed by atoms with E-state index in [1.54, 1.807) is 4.90 Å². The summed E-state index contributed by atoms with van der Waals surface area (Å²) in [5.74, 6) is -1.14. The second kappa shape index (κ2) is 8.78. The van der Waals surface area contributed by atoms with Gasteiger partial charge in [0.05, 0.1) is 11.6 Å². The lowest BCUT2D eigenvalue weighted by Gasteiger charge is -2.27. The van der Waals surface area contributed by atoms with Gasteiger partial charge in [-0.3, -0.25) is 9.59 Å². The molecule has 150 valence electrons. The number of amides is 1. The molecule has 0 fully saturated rings. The number of aryl methyl sites for hydroxylation is 1. The van der Waals surface area contributed by atoms with Gasteiger partial charge in [-0.25, -0.2) is 0 Å². The van der Waals surface area contributed by atoms with Crippen molar-refractivity contribution in [1.82, 2.24) is 4.90 Å². The zero-order chi connectivity index (χ0) is 20.9. The Morgan fingerprint density at radius 1 is 0.800 bits per heavy atom. The third-order valence-corrected chi connectivity index (χ3v) is 5.40. The van der Waals surface area contributed by atoms with E-state index in [0.717, 1.165) is 16.7 Å². The predicted molar refractivity (Wildman–Crippen MR) is 116 cm³/mol. The van der Waals surface area contributed by atoms with Crippen LogP contribution < -0.4 is 0 Å². The Kier molecular flexibility index (Phi) is 5.75. The minimum absolute atomic E-state index is 0.193. The van der Waals surface area contributed by atoms with Gasteiger partial charge in [0.2, 0.25) is 0 Å². The van der Waals surface area contributed by atoms with Crippen molar-refractivity contribution in [2.75, 3.05) is 0 Å². The van der Waals surface area contributed by atoms with Gasteiger partial charge in [0, 0.05) is 13.0 Å². The molecule has 1 heterocycles. The SMILES string of the molecule is O=C(CCc1ccccc1)C1=C(O)C(=O)N(Cc2ccccc2)C1c1ccccc1. The van der Waals surface area contributed by atoms with Crippen molar-refractivity contribution in [3.05, 3.63) is 119 Å². The maximum Gasteiger partial charge on any atom is 0.290 e. The number of aliphatic hydroxyl groups is 1. The third-order valence-electron chi connectivity index (χ3n) is 5.40. The molecule has 3 aromatic rings. The number of benzene rings is 3. The first-order valence-electron chi connectivity index (χ1n) is 10.0. The smallest absolute Gasteiger partial charge is 0.290 e. The van der Waals surface area contributed by atoms with Crippen LogP contribution in [0.15, 0.2) is 102 Å². The van der Waals surface area contributed by atoms with Gasteiger partial charge in [-0.2, -0.15) is 0 Å². The number of hydrogen-bond acceptors (Lipinski definition) is 3. The lowest BCUT2D eigenvalue weighted by molar-refractivity contribution is -0.130. The zero-order valence-corrected chi connectivity index (χ0v) is 16.6. The number of carbonyl (C=O) groups is 2. The van der Waals surface area contributed by atoms with Gasteiger partial charge in [0.25, 0.3) is 5.91 Å². The summed E-state index contributed by atoms with van der Waals surface area (Å²) in [6.45, 7) is 0.318. The van der Waals surface area contributed by atoms with Crippen LogP contribution in [0.25, 0.3) is 0 Å². The largest absolute Gasteiger partial charge is 0.503 e. The van der Waals surface area contributed by atoms with Crippen molar-refractivity contribution in [1.29, 1.82) is 0 Å². The Labute approximate surface area is 176 Å². The third kappa shape index (κ3) is 4.03. The summed E-state index contributed by atoms with van der Waals surface area (Å²) in [6, 6.07) is 28.2. The summed E-state index contributed by atoms with van der Waals surface area (Å²) in [5, 5.41) is 10.7. The quantitative estimate of drug-likeness (QED) is 0.624. The van der Waals surface area contributed by atoms with Gasteiger partial charge in [-0.1, -0.05) is 91.0 Å². The molecule has 1 amide bonds. The number of aliphatic hydroxyl groups excluding tert-OH is 1. The second-order valence-corrected chi connectivity index (χ2v) is 7.40. The second-order valence-electron chi connectivity index (χ2n) is 7.40. The Balaban J connectivity index is 1.64. The van der Waals surface area contributed by atoms with Crippen molar-refractivity contribution in [3.63, 3.8) is 0 Å². The minimum atomic E-state index is -0.595. The first kappa shape index (κ1) is 19.6. The number of hydrogen-bond donors (Lipinski definition) is 1. The van der Waals surface area contributed by atoms with Crippen LogP contribution >= 0.6 is 0 Å². The molecule has 0 aromatic heterocycles. The van der Waals surface area contributed by atoms with E-state index < -0.39 is 17.7 Å². The van der Waals surface area contributed by atoms with Crippen LogP contribution in [0.3, 0.4) is 0 Å². The van der Waals surface area contributed by atoms with Crippen molar-refractivity contribution in [2.24, 2.45) is 0 Å². The highest BCUT2D eigenvalue weighted by atomic mass is 16.3. The molecule has 1 unspecified atom stereocenters. The van der Waals surface area contributed by atoms with Gasteiger partial charge in [0.1, 0.15) is 0 Å². The summed E-state index contributed by atoms with van der Waals surface area (Å²) < 4.78 is 0. The minimum Gasteiger partial charge on any atom is -0.503 e. The van der Waals surface area contributed by atoms with E-state index in [1.165, 1.54) is 0 Å². The first-order valence-corrected chi connectivity index (χ1v) is 10.0. The van der Waals surface area contributed by atoms with Crippen LogP contribution in [0.4, 0.5) is 0 Å². The van der Waals surface area contributed by atoms with Crippen molar-refractivity contribution >= 4 is 11.7 Å². The van der Waals surface area contributed by atoms with Crippen LogP contribution in [0, 0.1) is 0 Å². The van der Waals surface area contributed by atoms with Crippen molar-refractivity contribution in [2.45, 2.75) is 25.4 Å². The van der Waals surface area contributed by atoms with E-state index in [0.29, 0.717) is 13.0 Å². The van der Waals surface area contributed by atoms with Crippen LogP contribution in [-0.2, 0) is 22.6 Å². The average molecular weight is 397 g/mol. The number of nitrogens with zero attached hydrogens (tertiary/aromatic N) is 1. The van der Waals surface area contributed by atoms with Crippen molar-refractivity contribution < 1.29 is 14.7 Å². The molecular formula is C26H23NO3. The molecule has 4 heteroatoms. The summed E-state index contributed by atoms with van der Waals surface area (Å²) in [6.07, 6.45) is 0.796. The van der Waals surface area contributed by atoms with Crippen LogP contribution in [0.1, 0.15) is 29.2 Å². The molecule has 0 bridgehead atoms. The number of carbonyl (C=O) groups excluding carboxylic acids is 2. The van der Waals surface area contributed by atoms with Crippen molar-refractivity contribution in [3.8, 4) is 0 Å². The normalized spacial score (nSPS) is 16.2. The summed E-state index contributed by atoms with van der Waals surface area (Å²) in [7, 11) is 0. The molecular weight excluding hydrogens is 374 g/mol. The molecule has 0 spiro atoms. The summed E-state index contributed by atoms with van der Waals surface area (Å²) in [5.41, 5.74) is 3.00. The van der Waals surface area contributed by atoms with Gasteiger partial charge in [-0.05, 0) is 23.1 Å². The number of Topliss-reactive ketones (excluding diaryl/α,β-unsaturated/α-hetero) is 1. The number of ketones is 1. The molecule has 0 radical (unpaired) electrons.